The number of para-hydroxylation sites is 1. The lowest BCUT2D eigenvalue weighted by atomic mass is 10.0. The lowest BCUT2D eigenvalue weighted by molar-refractivity contribution is 0.0784. The first-order valence-electron chi connectivity index (χ1n) is 12.6. The number of pyridine rings is 1. The van der Waals surface area contributed by atoms with Crippen LogP contribution in [0, 0.1) is 12.7 Å². The summed E-state index contributed by atoms with van der Waals surface area (Å²) in [4.78, 5) is 42.3. The molecule has 0 aliphatic carbocycles. The van der Waals surface area contributed by atoms with Crippen LogP contribution in [0.15, 0.2) is 46.7 Å². The van der Waals surface area contributed by atoms with Crippen molar-refractivity contribution in [1.82, 2.24) is 24.4 Å². The molecule has 3 aromatic heterocycles. The van der Waals surface area contributed by atoms with E-state index in [1.807, 2.05) is 39.0 Å². The predicted octanol–water partition coefficient (Wildman–Crippen LogP) is 4.66. The first kappa shape index (κ1) is 25.7. The monoisotopic (exact) mass is 533 g/mol. The third-order valence-electron chi connectivity index (χ3n) is 6.96. The number of aryl methyl sites for hydroxylation is 3. The van der Waals surface area contributed by atoms with Gasteiger partial charge in [0.1, 0.15) is 11.5 Å². The van der Waals surface area contributed by atoms with Crippen molar-refractivity contribution in [2.45, 2.75) is 46.0 Å². The number of aromatic nitrogens is 4. The van der Waals surface area contributed by atoms with Gasteiger partial charge in [0, 0.05) is 30.6 Å². The summed E-state index contributed by atoms with van der Waals surface area (Å²) in [5.41, 5.74) is 2.15. The number of thiazole rings is 1. The summed E-state index contributed by atoms with van der Waals surface area (Å²) in [6.45, 7) is 6.33. The standard InChI is InChI=1S/C28H28FN5O3S/c1-4-17-8-6-9-18(5-2)24(17)34-25(21-15-38-16(3)31-21)32-26(35)22(28(34)37)27(36)33-13-11-19(14-33)23-20(29)10-7-12-30-23/h6-10,12,15,19,35H,4-5,11,13-14H2,1-3H3. The Balaban J connectivity index is 1.65. The zero-order chi connectivity index (χ0) is 27.0. The molecule has 4 aromatic rings. The Hall–Kier alpha value is -3.92. The van der Waals surface area contributed by atoms with Crippen molar-refractivity contribution in [3.05, 3.63) is 85.5 Å². The minimum Gasteiger partial charge on any atom is -0.493 e. The second kappa shape index (κ2) is 10.4. The van der Waals surface area contributed by atoms with Crippen LogP contribution in [0.5, 0.6) is 5.88 Å². The van der Waals surface area contributed by atoms with E-state index in [2.05, 4.69) is 15.0 Å². The van der Waals surface area contributed by atoms with Gasteiger partial charge in [-0.05, 0) is 49.4 Å². The molecule has 1 atom stereocenters. The molecule has 1 unspecified atom stereocenters. The molecule has 0 saturated carbocycles. The molecule has 1 N–H and O–H groups in total. The Labute approximate surface area is 223 Å². The first-order valence-corrected chi connectivity index (χ1v) is 13.5. The zero-order valence-electron chi connectivity index (χ0n) is 21.4. The highest BCUT2D eigenvalue weighted by atomic mass is 32.1. The van der Waals surface area contributed by atoms with E-state index in [0.717, 1.165) is 16.1 Å². The maximum atomic E-state index is 14.3. The van der Waals surface area contributed by atoms with Crippen LogP contribution in [0.2, 0.25) is 0 Å². The summed E-state index contributed by atoms with van der Waals surface area (Å²) in [7, 11) is 0. The fourth-order valence-corrected chi connectivity index (χ4v) is 5.66. The van der Waals surface area contributed by atoms with Gasteiger partial charge in [0.25, 0.3) is 11.5 Å². The summed E-state index contributed by atoms with van der Waals surface area (Å²) in [5, 5.41) is 13.5. The number of aromatic hydroxyl groups is 1. The lowest BCUT2D eigenvalue weighted by Gasteiger charge is -2.21. The Morgan fingerprint density at radius 2 is 1.89 bits per heavy atom. The van der Waals surface area contributed by atoms with Crippen molar-refractivity contribution in [2.75, 3.05) is 13.1 Å². The Bertz CT molecular complexity index is 1560. The van der Waals surface area contributed by atoms with E-state index >= 15 is 0 Å². The molecular formula is C28H28FN5O3S. The highest BCUT2D eigenvalue weighted by Gasteiger charge is 2.34. The van der Waals surface area contributed by atoms with Crippen LogP contribution in [0.4, 0.5) is 4.39 Å². The molecule has 1 aromatic carbocycles. The molecular weight excluding hydrogens is 505 g/mol. The minimum absolute atomic E-state index is 0.179. The quantitative estimate of drug-likeness (QED) is 0.387. The van der Waals surface area contributed by atoms with Gasteiger partial charge in [0.05, 0.1) is 16.4 Å². The molecule has 0 radical (unpaired) electrons. The van der Waals surface area contributed by atoms with Gasteiger partial charge in [-0.15, -0.1) is 11.3 Å². The number of likely N-dealkylation sites (tertiary alicyclic amines) is 1. The van der Waals surface area contributed by atoms with Crippen LogP contribution in [0.25, 0.3) is 17.2 Å². The first-order chi connectivity index (χ1) is 18.3. The van der Waals surface area contributed by atoms with Gasteiger partial charge in [-0.3, -0.25) is 19.1 Å². The fourth-order valence-electron chi connectivity index (χ4n) is 5.07. The van der Waals surface area contributed by atoms with Crippen molar-refractivity contribution in [3.63, 3.8) is 0 Å². The number of carbonyl (C=O) groups excluding carboxylic acids is 1. The lowest BCUT2D eigenvalue weighted by Crippen LogP contribution is -2.36. The van der Waals surface area contributed by atoms with E-state index in [1.165, 1.54) is 39.1 Å². The van der Waals surface area contributed by atoms with Gasteiger partial charge in [-0.25, -0.2) is 9.37 Å². The zero-order valence-corrected chi connectivity index (χ0v) is 22.3. The number of hydrogen-bond donors (Lipinski definition) is 1. The molecule has 1 saturated heterocycles. The number of hydrogen-bond acceptors (Lipinski definition) is 7. The molecule has 1 amide bonds. The number of amides is 1. The molecule has 5 rings (SSSR count). The molecule has 1 aliphatic rings. The molecule has 4 heterocycles. The summed E-state index contributed by atoms with van der Waals surface area (Å²) in [6, 6.07) is 8.69. The number of nitrogens with zero attached hydrogens (tertiary/aromatic N) is 5. The molecule has 10 heteroatoms. The van der Waals surface area contributed by atoms with Gasteiger partial charge in [-0.2, -0.15) is 4.98 Å². The van der Waals surface area contributed by atoms with Crippen molar-refractivity contribution < 1.29 is 14.3 Å². The minimum atomic E-state index is -0.661. The van der Waals surface area contributed by atoms with Crippen molar-refractivity contribution in [1.29, 1.82) is 0 Å². The highest BCUT2D eigenvalue weighted by molar-refractivity contribution is 7.09. The SMILES string of the molecule is CCc1cccc(CC)c1-n1c(-c2csc(C)n2)nc(O)c(C(=O)N2CCC(c3ncccc3F)C2)c1=O. The smallest absolute Gasteiger partial charge is 0.275 e. The molecule has 1 aliphatic heterocycles. The topological polar surface area (TPSA) is 101 Å². The molecule has 38 heavy (non-hydrogen) atoms. The normalized spacial score (nSPS) is 15.3. The van der Waals surface area contributed by atoms with Gasteiger partial charge in [-0.1, -0.05) is 32.0 Å². The Morgan fingerprint density at radius 1 is 1.16 bits per heavy atom. The van der Waals surface area contributed by atoms with Gasteiger partial charge >= 0.3 is 0 Å². The summed E-state index contributed by atoms with van der Waals surface area (Å²) in [6.07, 6.45) is 3.32. The Morgan fingerprint density at radius 3 is 2.53 bits per heavy atom. The van der Waals surface area contributed by atoms with Crippen LogP contribution in [0.3, 0.4) is 0 Å². The van der Waals surface area contributed by atoms with E-state index < -0.39 is 28.7 Å². The number of halogens is 1. The number of rotatable bonds is 6. The predicted molar refractivity (Wildman–Crippen MR) is 144 cm³/mol. The maximum absolute atomic E-state index is 14.3. The van der Waals surface area contributed by atoms with E-state index in [0.29, 0.717) is 42.9 Å². The van der Waals surface area contributed by atoms with E-state index in [9.17, 15) is 19.1 Å². The summed E-state index contributed by atoms with van der Waals surface area (Å²) in [5.74, 6) is -1.83. The molecule has 1 fully saturated rings. The highest BCUT2D eigenvalue weighted by Crippen LogP contribution is 2.31. The number of carbonyl (C=O) groups is 1. The third-order valence-corrected chi connectivity index (χ3v) is 7.74. The van der Waals surface area contributed by atoms with Crippen LogP contribution in [0.1, 0.15) is 58.4 Å². The number of benzene rings is 1. The average Bonchev–Trinajstić information content (AvgIpc) is 3.58. The van der Waals surface area contributed by atoms with E-state index in [4.69, 9.17) is 0 Å². The van der Waals surface area contributed by atoms with Crippen LogP contribution in [-0.4, -0.2) is 48.5 Å². The largest absolute Gasteiger partial charge is 0.493 e. The third kappa shape index (κ3) is 4.49. The van der Waals surface area contributed by atoms with Gasteiger partial charge in [0.15, 0.2) is 11.4 Å². The van der Waals surface area contributed by atoms with Gasteiger partial charge in [0.2, 0.25) is 5.88 Å². The Kier molecular flexibility index (Phi) is 7.07. The van der Waals surface area contributed by atoms with Gasteiger partial charge < -0.3 is 10.0 Å². The van der Waals surface area contributed by atoms with E-state index in [-0.39, 0.29) is 18.3 Å². The summed E-state index contributed by atoms with van der Waals surface area (Å²) >= 11 is 1.41. The molecule has 196 valence electrons. The van der Waals surface area contributed by atoms with Crippen molar-refractivity contribution in [3.8, 4) is 23.1 Å². The molecule has 8 nitrogen and oxygen atoms in total. The average molecular weight is 534 g/mol. The van der Waals surface area contributed by atoms with Crippen molar-refractivity contribution in [2.24, 2.45) is 0 Å². The van der Waals surface area contributed by atoms with Crippen LogP contribution >= 0.6 is 11.3 Å². The summed E-state index contributed by atoms with van der Waals surface area (Å²) < 4.78 is 15.8. The van der Waals surface area contributed by atoms with Crippen LogP contribution in [-0.2, 0) is 12.8 Å². The second-order valence-electron chi connectivity index (χ2n) is 9.27. The molecule has 0 bridgehead atoms. The fraction of sp³-hybridized carbons (Fsp3) is 0.321. The van der Waals surface area contributed by atoms with Crippen molar-refractivity contribution >= 4 is 17.2 Å². The van der Waals surface area contributed by atoms with Crippen LogP contribution < -0.4 is 5.56 Å². The maximum Gasteiger partial charge on any atom is 0.275 e. The van der Waals surface area contributed by atoms with E-state index in [1.54, 1.807) is 5.38 Å². The molecule has 0 spiro atoms. The second-order valence-corrected chi connectivity index (χ2v) is 10.3.